The van der Waals surface area contributed by atoms with Crippen LogP contribution in [0, 0.1) is 53.3 Å². The van der Waals surface area contributed by atoms with Crippen LogP contribution in [0.3, 0.4) is 0 Å². The first kappa shape index (κ1) is 82.1. The first-order valence-electron chi connectivity index (χ1n) is 21.4. The molecule has 0 bridgehead atoms. The quantitative estimate of drug-likeness (QED) is 0.0267. The van der Waals surface area contributed by atoms with Crippen LogP contribution in [0.1, 0.15) is 49.2 Å². The molecule has 0 fully saturated rings. The smallest absolute Gasteiger partial charge is 1.00 e. The number of methoxy groups -OCH3 is 1. The molecule has 36 heteroatoms. The third kappa shape index (κ3) is 27.7. The number of halogens is 12. The van der Waals surface area contributed by atoms with Crippen LogP contribution in [0.2, 0.25) is 0 Å². The number of hydrogen-bond donors (Lipinski definition) is 4. The molecule has 0 aromatic heterocycles. The number of aldehydes is 3. The summed E-state index contributed by atoms with van der Waals surface area (Å²) in [5.41, 5.74) is 2.14. The fourth-order valence-corrected chi connectivity index (χ4v) is 6.11. The number of fused-ring (bicyclic) bond motifs is 4. The summed E-state index contributed by atoms with van der Waals surface area (Å²) >= 11 is 14.9. The molecule has 0 spiro atoms. The molecular weight excluding hydrogens is 1450 g/mol. The number of carbonyl (C=O) groups excluding carboxylic acids is 3. The second-order valence-corrected chi connectivity index (χ2v) is 23.7. The Morgan fingerprint density at radius 1 is 0.600 bits per heavy atom. The van der Waals surface area contributed by atoms with E-state index in [1.54, 1.807) is 18.2 Å². The molecule has 4 aliphatic heterocycles. The number of phenols is 3. The van der Waals surface area contributed by atoms with Crippen LogP contribution >= 0.6 is 80.2 Å². The minimum Gasteiger partial charge on any atom is -1.00 e. The summed E-state index contributed by atoms with van der Waals surface area (Å²) in [6.07, 6.45) is 1.41. The van der Waals surface area contributed by atoms with Crippen molar-refractivity contribution in [1.29, 1.82) is 5.26 Å². The van der Waals surface area contributed by atoms with Gasteiger partial charge in [0.05, 0.1) is 13.7 Å². The molecule has 0 aliphatic carbocycles. The molecule has 85 heavy (non-hydrogen) atoms. The number of aliphatic hydroxyl groups excluding tert-OH is 1. The van der Waals surface area contributed by atoms with Gasteiger partial charge in [-0.2, -0.15) is 0 Å². The van der Waals surface area contributed by atoms with Gasteiger partial charge in [-0.3, -0.25) is 14.4 Å². The molecule has 0 amide bonds. The summed E-state index contributed by atoms with van der Waals surface area (Å²) in [4.78, 5) is 33.8. The van der Waals surface area contributed by atoms with Gasteiger partial charge in [0.1, 0.15) is 18.9 Å². The van der Waals surface area contributed by atoms with Crippen molar-refractivity contribution < 1.29 is 169 Å². The second-order valence-electron chi connectivity index (χ2n) is 14.5. The van der Waals surface area contributed by atoms with E-state index in [0.29, 0.717) is 52.8 Å². The Balaban J connectivity index is -0.000000924. The maximum atomic E-state index is 13.2. The number of benzene rings is 6. The third-order valence-corrected chi connectivity index (χ3v) is 9.56. The van der Waals surface area contributed by atoms with Crippen molar-refractivity contribution in [1.82, 2.24) is 0 Å². The molecule has 4 aliphatic rings. The molecule has 4 heterocycles. The van der Waals surface area contributed by atoms with Crippen molar-refractivity contribution >= 4 is 120 Å². The second kappa shape index (κ2) is 43.6. The van der Waals surface area contributed by atoms with Gasteiger partial charge in [-0.15, -0.1) is 58.9 Å². The zero-order valence-corrected chi connectivity index (χ0v) is 55.5. The number of nitrogens with zero attached hydrogens (tertiary/aromatic N) is 2. The maximum Gasteiger partial charge on any atom is 1.00 e. The Bertz CT molecular complexity index is 3160. The van der Waals surface area contributed by atoms with E-state index in [2.05, 4.69) is 78.2 Å². The number of alkyl halides is 1. The average molecular weight is 1490 g/mol. The Morgan fingerprint density at radius 3 is 1.28 bits per heavy atom. The van der Waals surface area contributed by atoms with Gasteiger partial charge in [-0.25, -0.2) is 37.1 Å². The van der Waals surface area contributed by atoms with Crippen molar-refractivity contribution in [2.75, 3.05) is 34.3 Å². The SMILES string of the molecule is BrB(Br)Br.COc1cc(C=O)cc(F)c1O.Fc1cc(CCl)cc2c1OCO2.O=Cc1cc(F)c2c(c1)OCO2.O=Cc1cc(O)c(O)c(F)c1.O=S(Cl)Cl.OCc1cc(F)c2c(c1)OCO2.[B].[C-]#N.[C-]#[N+]Cc1cc(F)c2c(c1)OCO2.[H-].[Na+].[Na+]. The van der Waals surface area contributed by atoms with Gasteiger partial charge in [0.15, 0.2) is 80.9 Å². The van der Waals surface area contributed by atoms with Crippen molar-refractivity contribution in [3.8, 4) is 69.0 Å². The minimum absolute atomic E-state index is 0. The number of aromatic hydroxyl groups is 3. The summed E-state index contributed by atoms with van der Waals surface area (Å²) in [6, 6.07) is 15.3. The van der Waals surface area contributed by atoms with Crippen LogP contribution in [-0.2, 0) is 28.3 Å². The Kier molecular flexibility index (Phi) is 42.1. The predicted octanol–water partition coefficient (Wildman–Crippen LogP) is 6.12. The number of carbonyl (C=O) groups is 3. The first-order valence-corrected chi connectivity index (χ1v) is 27.5. The van der Waals surface area contributed by atoms with E-state index in [-0.39, 0.29) is 170 Å². The van der Waals surface area contributed by atoms with Gasteiger partial charge in [0, 0.05) is 57.9 Å². The molecular formula is C49H37B2Br3Cl3F6N2Na2O17S. The number of hydrogen-bond acceptors (Lipinski definition) is 18. The van der Waals surface area contributed by atoms with E-state index < -0.39 is 61.4 Å². The zero-order chi connectivity index (χ0) is 61.6. The molecule has 19 nitrogen and oxygen atoms in total. The fourth-order valence-electron chi connectivity index (χ4n) is 5.96. The van der Waals surface area contributed by atoms with Gasteiger partial charge in [0.2, 0.25) is 65.9 Å². The molecule has 3 radical (unpaired) electrons. The number of aliphatic hydroxyl groups is 1. The van der Waals surface area contributed by atoms with E-state index in [1.807, 2.05) is 0 Å². The summed E-state index contributed by atoms with van der Waals surface area (Å²) in [5, 5.41) is 41.4. The largest absolute Gasteiger partial charge is 1.00 e. The summed E-state index contributed by atoms with van der Waals surface area (Å²) < 4.78 is 131. The zero-order valence-electron chi connectivity index (χ0n) is 44.7. The maximum absolute atomic E-state index is 13.2. The van der Waals surface area contributed by atoms with E-state index >= 15 is 0 Å². The van der Waals surface area contributed by atoms with Gasteiger partial charge in [-0.05, 0) is 83.9 Å². The van der Waals surface area contributed by atoms with Crippen LogP contribution < -0.4 is 102 Å². The monoisotopic (exact) mass is 1480 g/mol. The van der Waals surface area contributed by atoms with Crippen LogP contribution in [0.5, 0.6) is 69.0 Å². The van der Waals surface area contributed by atoms with E-state index in [9.17, 15) is 40.7 Å². The topological polar surface area (TPSA) is 260 Å². The molecule has 0 saturated heterocycles. The summed E-state index contributed by atoms with van der Waals surface area (Å²) in [5.74, 6) is -3.61. The van der Waals surface area contributed by atoms with Crippen LogP contribution in [-0.4, -0.2) is 89.4 Å². The van der Waals surface area contributed by atoms with Crippen molar-refractivity contribution in [3.63, 3.8) is 0 Å². The van der Waals surface area contributed by atoms with Crippen LogP contribution in [0.4, 0.5) is 26.3 Å². The third-order valence-electron chi connectivity index (χ3n) is 9.25. The molecule has 0 unspecified atom stereocenters. The van der Waals surface area contributed by atoms with E-state index in [4.69, 9.17) is 92.5 Å². The van der Waals surface area contributed by atoms with Gasteiger partial charge >= 0.3 is 62.3 Å². The fraction of sp³-hybridized carbons (Fsp3) is 0.163. The predicted molar refractivity (Wildman–Crippen MR) is 301 cm³/mol. The molecule has 443 valence electrons. The van der Waals surface area contributed by atoms with Crippen molar-refractivity contribution in [3.05, 3.63) is 159 Å². The minimum atomic E-state index is -1.67. The van der Waals surface area contributed by atoms with E-state index in [1.165, 1.54) is 37.4 Å². The number of rotatable bonds is 7. The number of phenolic OH excluding ortho intramolecular Hbond substituents is 3. The van der Waals surface area contributed by atoms with Gasteiger partial charge < -0.3 is 81.2 Å². The first-order chi connectivity index (χ1) is 39.0. The normalized spacial score (nSPS) is 10.9. The molecule has 0 saturated carbocycles. The average Bonchev–Trinajstić information content (AvgIpc) is 4.45. The van der Waals surface area contributed by atoms with Crippen molar-refractivity contribution in [2.24, 2.45) is 0 Å². The van der Waals surface area contributed by atoms with Gasteiger partial charge in [0.25, 0.3) is 0 Å². The summed E-state index contributed by atoms with van der Waals surface area (Å²) in [6.45, 7) is 11.5. The molecule has 0 atom stereocenters. The Labute approximate surface area is 569 Å². The Hall–Kier alpha value is -4.96. The molecule has 6 aromatic rings. The molecule has 4 N–H and O–H groups in total. The molecule has 6 aromatic carbocycles. The standard InChI is InChI=1S/C9H6FNO2.C8H6ClFO2.C8H7FO3.C8H5FO3.C8H7FO3.C7H5FO3.CN.BBr3.B.Cl2OS.2Na.H/c1-11-4-6-2-7(10)9-8(3-6)12-5-13-9;9-3-5-1-6(10)8-7(2-5)11-4-12-8;2*9-6-1-5(3-10)2-7-8(6)12-4-11-7;1-12-7-3-5(4-10)2-6(9)8(7)11;8-5-1-4(3-9)2-6(10)7(5)11;1-2;2-1(3)4;;1-4(2)3;;;/h2-3H,4-5H2;1-2H,3-4H2;1-2,10H,3-4H2;1-3H,4H2;2-4,11H,1H3;1-3,10-11H;;;;;;;/q;;;;;;-1;;;;2*+1;-1. The van der Waals surface area contributed by atoms with Gasteiger partial charge in [-0.1, -0.05) is 0 Å². The van der Waals surface area contributed by atoms with Crippen LogP contribution in [0.15, 0.2) is 72.8 Å². The number of ether oxygens (including phenoxy) is 9. The molecule has 10 rings (SSSR count). The van der Waals surface area contributed by atoms with Crippen LogP contribution in [0.25, 0.3) is 4.85 Å². The Morgan fingerprint density at radius 2 is 0.918 bits per heavy atom. The summed E-state index contributed by atoms with van der Waals surface area (Å²) in [7, 11) is 8.64. The van der Waals surface area contributed by atoms with Crippen molar-refractivity contribution in [2.45, 2.75) is 19.0 Å². The van der Waals surface area contributed by atoms with E-state index in [0.717, 1.165) is 24.3 Å².